The summed E-state index contributed by atoms with van der Waals surface area (Å²) in [6, 6.07) is 7.65. The Kier molecular flexibility index (Phi) is 5.39. The number of carbonyl (C=O) groups excluding carboxylic acids is 1. The quantitative estimate of drug-likeness (QED) is 0.563. The predicted molar refractivity (Wildman–Crippen MR) is 75.9 cm³/mol. The molecule has 0 aliphatic carbocycles. The molecule has 7 heteroatoms. The molecule has 6 nitrogen and oxygen atoms in total. The minimum Gasteiger partial charge on any atom is -0.545 e. The summed E-state index contributed by atoms with van der Waals surface area (Å²) in [5, 5.41) is 17.2. The van der Waals surface area contributed by atoms with Crippen molar-refractivity contribution in [2.45, 2.75) is 12.7 Å². The van der Waals surface area contributed by atoms with Crippen molar-refractivity contribution in [1.82, 2.24) is 5.01 Å². The molecule has 0 fully saturated rings. The van der Waals surface area contributed by atoms with Crippen LogP contribution in [-0.4, -0.2) is 36.7 Å². The number of benzene rings is 1. The fraction of sp³-hybridized carbons (Fsp3) is 0.267. The zero-order valence-electron chi connectivity index (χ0n) is 12.5. The Morgan fingerprint density at radius 1 is 1.36 bits per heavy atom. The van der Waals surface area contributed by atoms with E-state index in [0.717, 1.165) is 11.3 Å². The third-order valence-corrected chi connectivity index (χ3v) is 3.59. The maximum Gasteiger partial charge on any atom is 1.00 e. The van der Waals surface area contributed by atoms with Crippen molar-refractivity contribution in [2.75, 3.05) is 7.11 Å². The van der Waals surface area contributed by atoms with Gasteiger partial charge in [0.2, 0.25) is 0 Å². The largest absolute Gasteiger partial charge is 1.00 e. The number of carbonyl (C=O) groups is 1. The third kappa shape index (κ3) is 3.24. The molecule has 2 aliphatic heterocycles. The Bertz CT molecular complexity index is 640. The van der Waals surface area contributed by atoms with Crippen molar-refractivity contribution in [3.63, 3.8) is 0 Å². The van der Waals surface area contributed by atoms with Crippen LogP contribution in [0.2, 0.25) is 0 Å². The van der Waals surface area contributed by atoms with E-state index in [-0.39, 0.29) is 47.2 Å². The van der Waals surface area contributed by atoms with Gasteiger partial charge in [-0.2, -0.15) is 5.10 Å². The maximum absolute atomic E-state index is 11.1. The molecule has 0 amide bonds. The molecule has 0 aromatic heterocycles. The number of hydrogen-bond donors (Lipinski definition) is 0. The summed E-state index contributed by atoms with van der Waals surface area (Å²) in [4.78, 5) is 15.4. The number of methoxy groups -OCH3 is 1. The second kappa shape index (κ2) is 7.09. The maximum atomic E-state index is 11.1. The summed E-state index contributed by atoms with van der Waals surface area (Å²) in [5.74, 6) is -0.730. The number of rotatable bonds is 4. The van der Waals surface area contributed by atoms with E-state index >= 15 is 0 Å². The van der Waals surface area contributed by atoms with Crippen LogP contribution in [-0.2, 0) is 11.3 Å². The topological polar surface area (TPSA) is 77.3 Å². The normalized spacial score (nSPS) is 21.9. The van der Waals surface area contributed by atoms with Gasteiger partial charge in [0, 0.05) is 12.4 Å². The average Bonchev–Trinajstić information content (AvgIpc) is 2.91. The monoisotopic (exact) mass is 307 g/mol. The number of carboxylic acid groups (broad SMARTS) is 1. The number of fused-ring (bicyclic) bond motifs is 1. The first-order valence-electron chi connectivity index (χ1n) is 6.57. The van der Waals surface area contributed by atoms with Crippen LogP contribution in [0.25, 0.3) is 0 Å². The van der Waals surface area contributed by atoms with E-state index in [0.29, 0.717) is 6.54 Å². The van der Waals surface area contributed by atoms with E-state index in [1.807, 2.05) is 24.3 Å². The van der Waals surface area contributed by atoms with E-state index in [1.54, 1.807) is 18.3 Å². The van der Waals surface area contributed by atoms with E-state index < -0.39 is 5.97 Å². The van der Waals surface area contributed by atoms with Crippen molar-refractivity contribution < 1.29 is 44.2 Å². The molecule has 0 saturated carbocycles. The first kappa shape index (κ1) is 16.7. The van der Waals surface area contributed by atoms with Crippen LogP contribution in [0.3, 0.4) is 0 Å². The molecule has 0 N–H and O–H groups in total. The standard InChI is InChI=1S/C15H15N3O3.Na/c1-21-11-4-2-10(3-5-11)9-18-14-13(8-17-18)12(15(19)20)6-7-16-14;/h2-8,13-14H,9H2,1H3,(H,19,20);/q;+1/p-1. The summed E-state index contributed by atoms with van der Waals surface area (Å²) < 4.78 is 5.12. The van der Waals surface area contributed by atoms with Gasteiger partial charge < -0.3 is 14.6 Å². The molecule has 2 aliphatic rings. The van der Waals surface area contributed by atoms with Gasteiger partial charge in [-0.25, -0.2) is 0 Å². The second-order valence-corrected chi connectivity index (χ2v) is 4.86. The number of aliphatic imine (C=N–C) groups is 1. The van der Waals surface area contributed by atoms with E-state index in [9.17, 15) is 9.90 Å². The number of ether oxygens (including phenoxy) is 1. The molecule has 1 aromatic carbocycles. The van der Waals surface area contributed by atoms with Gasteiger partial charge in [-0.15, -0.1) is 0 Å². The van der Waals surface area contributed by atoms with Gasteiger partial charge in [-0.3, -0.25) is 10.0 Å². The van der Waals surface area contributed by atoms with Crippen LogP contribution in [0.4, 0.5) is 0 Å². The first-order valence-corrected chi connectivity index (χ1v) is 6.57. The summed E-state index contributed by atoms with van der Waals surface area (Å²) in [5.41, 5.74) is 1.27. The molecule has 3 rings (SSSR count). The van der Waals surface area contributed by atoms with Crippen molar-refractivity contribution in [1.29, 1.82) is 0 Å². The molecule has 0 saturated heterocycles. The summed E-state index contributed by atoms with van der Waals surface area (Å²) >= 11 is 0. The molecular formula is C15H14N3NaO3. The minimum absolute atomic E-state index is 0. The van der Waals surface area contributed by atoms with E-state index in [4.69, 9.17) is 4.74 Å². The van der Waals surface area contributed by atoms with Gasteiger partial charge in [0.1, 0.15) is 11.9 Å². The summed E-state index contributed by atoms with van der Waals surface area (Å²) in [6.45, 7) is 0.555. The second-order valence-electron chi connectivity index (χ2n) is 4.86. The third-order valence-electron chi connectivity index (χ3n) is 3.59. The smallest absolute Gasteiger partial charge is 0.545 e. The minimum atomic E-state index is -1.17. The van der Waals surface area contributed by atoms with Gasteiger partial charge in [-0.05, 0) is 29.3 Å². The zero-order valence-corrected chi connectivity index (χ0v) is 14.5. The van der Waals surface area contributed by atoms with Crippen molar-refractivity contribution in [3.05, 3.63) is 41.5 Å². The predicted octanol–water partition coefficient (Wildman–Crippen LogP) is -2.80. The number of hydrazone groups is 1. The summed E-state index contributed by atoms with van der Waals surface area (Å²) in [7, 11) is 1.62. The average molecular weight is 307 g/mol. The van der Waals surface area contributed by atoms with E-state index in [1.165, 1.54) is 12.3 Å². The van der Waals surface area contributed by atoms with Crippen molar-refractivity contribution in [2.24, 2.45) is 16.0 Å². The van der Waals surface area contributed by atoms with Gasteiger partial charge in [0.05, 0.1) is 25.5 Å². The number of hydrogen-bond acceptors (Lipinski definition) is 6. The molecule has 2 unspecified atom stereocenters. The fourth-order valence-corrected chi connectivity index (χ4v) is 2.48. The van der Waals surface area contributed by atoms with Crippen LogP contribution in [0.15, 0.2) is 46.0 Å². The molecule has 0 spiro atoms. The Balaban J connectivity index is 0.00000176. The van der Waals surface area contributed by atoms with Gasteiger partial charge in [-0.1, -0.05) is 12.1 Å². The van der Waals surface area contributed by atoms with Gasteiger partial charge in [0.25, 0.3) is 0 Å². The SMILES string of the molecule is COc1ccc(CN2N=CC3C(C(=O)[O-])=CC=NC32)cc1.[Na+]. The number of aliphatic carboxylic acids is 1. The Hall–Kier alpha value is -1.63. The molecule has 0 bridgehead atoms. The molecule has 22 heavy (non-hydrogen) atoms. The molecule has 2 atom stereocenters. The van der Waals surface area contributed by atoms with Crippen LogP contribution in [0, 0.1) is 5.92 Å². The van der Waals surface area contributed by atoms with Crippen LogP contribution in [0.5, 0.6) is 5.75 Å². The van der Waals surface area contributed by atoms with Crippen LogP contribution < -0.4 is 39.4 Å². The number of nitrogens with zero attached hydrogens (tertiary/aromatic N) is 3. The number of carboxylic acids is 1. The number of dihydropyridines is 1. The molecule has 108 valence electrons. The molecular weight excluding hydrogens is 293 g/mol. The first-order chi connectivity index (χ1) is 10.2. The number of allylic oxidation sites excluding steroid dienone is 1. The summed E-state index contributed by atoms with van der Waals surface area (Å²) in [6.07, 6.45) is 4.28. The zero-order chi connectivity index (χ0) is 14.8. The fourth-order valence-electron chi connectivity index (χ4n) is 2.48. The van der Waals surface area contributed by atoms with Gasteiger partial charge in [0.15, 0.2) is 0 Å². The van der Waals surface area contributed by atoms with E-state index in [2.05, 4.69) is 10.1 Å². The van der Waals surface area contributed by atoms with Crippen LogP contribution >= 0.6 is 0 Å². The molecule has 1 aromatic rings. The molecule has 2 heterocycles. The molecule has 0 radical (unpaired) electrons. The van der Waals surface area contributed by atoms with Crippen molar-refractivity contribution in [3.8, 4) is 5.75 Å². The van der Waals surface area contributed by atoms with Gasteiger partial charge >= 0.3 is 29.6 Å². The Morgan fingerprint density at radius 3 is 2.73 bits per heavy atom. The van der Waals surface area contributed by atoms with Crippen LogP contribution in [0.1, 0.15) is 5.56 Å². The van der Waals surface area contributed by atoms with Crippen molar-refractivity contribution >= 4 is 18.4 Å². The Labute approximate surface area is 150 Å². The Morgan fingerprint density at radius 2 is 2.09 bits per heavy atom.